The van der Waals surface area contributed by atoms with Crippen LogP contribution in [0.2, 0.25) is 0 Å². The molecule has 0 aliphatic rings. The highest BCUT2D eigenvalue weighted by molar-refractivity contribution is 5.85. The quantitative estimate of drug-likeness (QED) is 0.439. The van der Waals surface area contributed by atoms with E-state index in [9.17, 15) is 4.79 Å². The second-order valence-corrected chi connectivity index (χ2v) is 8.13. The van der Waals surface area contributed by atoms with Gasteiger partial charge in [0.25, 0.3) is 5.56 Å². The van der Waals surface area contributed by atoms with Gasteiger partial charge in [-0.05, 0) is 61.4 Å². The molecule has 0 saturated carbocycles. The Labute approximate surface area is 185 Å². The molecule has 0 aliphatic heterocycles. The number of anilines is 2. The number of aryl methyl sites for hydroxylation is 4. The van der Waals surface area contributed by atoms with Gasteiger partial charge in [-0.25, -0.2) is 0 Å². The number of aromatic nitrogens is 5. The number of pyridine rings is 2. The summed E-state index contributed by atoms with van der Waals surface area (Å²) in [6, 6.07) is 15.9. The topological polar surface area (TPSA) is 80.5 Å². The van der Waals surface area contributed by atoms with E-state index in [1.54, 1.807) is 11.6 Å². The van der Waals surface area contributed by atoms with Crippen molar-refractivity contribution in [1.29, 1.82) is 0 Å². The fourth-order valence-corrected chi connectivity index (χ4v) is 4.05. The second kappa shape index (κ2) is 7.53. The molecule has 0 atom stereocenters. The van der Waals surface area contributed by atoms with E-state index in [4.69, 9.17) is 0 Å². The van der Waals surface area contributed by atoms with Gasteiger partial charge in [0, 0.05) is 54.9 Å². The van der Waals surface area contributed by atoms with Crippen LogP contribution in [0.25, 0.3) is 33.4 Å². The van der Waals surface area contributed by atoms with E-state index in [2.05, 4.69) is 20.5 Å². The molecule has 2 N–H and O–H groups in total. The van der Waals surface area contributed by atoms with Crippen LogP contribution in [-0.2, 0) is 14.1 Å². The van der Waals surface area contributed by atoms with Crippen LogP contribution in [0.15, 0.2) is 65.7 Å². The molecular formula is C25H24N6O. The molecule has 0 fully saturated rings. The summed E-state index contributed by atoms with van der Waals surface area (Å²) in [4.78, 5) is 17.6. The monoisotopic (exact) mass is 424 g/mol. The molecule has 4 aromatic heterocycles. The minimum absolute atomic E-state index is 0.0332. The van der Waals surface area contributed by atoms with Crippen molar-refractivity contribution >= 4 is 22.4 Å². The second-order valence-electron chi connectivity index (χ2n) is 8.13. The summed E-state index contributed by atoms with van der Waals surface area (Å²) in [5.74, 6) is 0.710. The predicted octanol–water partition coefficient (Wildman–Crippen LogP) is 4.69. The van der Waals surface area contributed by atoms with Crippen molar-refractivity contribution in [1.82, 2.24) is 24.3 Å². The van der Waals surface area contributed by atoms with Gasteiger partial charge in [-0.2, -0.15) is 5.10 Å². The van der Waals surface area contributed by atoms with Gasteiger partial charge in [-0.15, -0.1) is 0 Å². The van der Waals surface area contributed by atoms with Crippen molar-refractivity contribution in [3.05, 3.63) is 82.5 Å². The minimum Gasteiger partial charge on any atom is -0.349 e. The van der Waals surface area contributed by atoms with Gasteiger partial charge in [-0.1, -0.05) is 6.07 Å². The van der Waals surface area contributed by atoms with Gasteiger partial charge in [0.15, 0.2) is 5.82 Å². The predicted molar refractivity (Wildman–Crippen MR) is 128 cm³/mol. The van der Waals surface area contributed by atoms with Gasteiger partial charge in [0.05, 0.1) is 16.9 Å². The zero-order valence-electron chi connectivity index (χ0n) is 18.5. The Balaban J connectivity index is 1.53. The fourth-order valence-electron chi connectivity index (χ4n) is 4.05. The molecule has 0 radical (unpaired) electrons. The van der Waals surface area contributed by atoms with Gasteiger partial charge in [-0.3, -0.25) is 14.9 Å². The van der Waals surface area contributed by atoms with Crippen molar-refractivity contribution in [2.45, 2.75) is 13.8 Å². The van der Waals surface area contributed by atoms with E-state index >= 15 is 0 Å². The summed E-state index contributed by atoms with van der Waals surface area (Å²) in [6.45, 7) is 3.94. The van der Waals surface area contributed by atoms with Gasteiger partial charge < -0.3 is 14.5 Å². The largest absolute Gasteiger partial charge is 0.349 e. The van der Waals surface area contributed by atoms with Crippen LogP contribution < -0.4 is 10.9 Å². The SMILES string of the molecule is Cc1cc2c(cn1)cc(-c1cc(Nc3cc(-c4cccn4C)[nH]n3)ccc1C)c(=O)n2C. The molecular weight excluding hydrogens is 400 g/mol. The highest BCUT2D eigenvalue weighted by Crippen LogP contribution is 2.29. The maximum atomic E-state index is 13.2. The fraction of sp³-hybridized carbons (Fsp3) is 0.160. The average molecular weight is 425 g/mol. The Morgan fingerprint density at radius 1 is 1.00 bits per heavy atom. The summed E-state index contributed by atoms with van der Waals surface area (Å²) < 4.78 is 3.73. The van der Waals surface area contributed by atoms with Gasteiger partial charge in [0.1, 0.15) is 0 Å². The lowest BCUT2D eigenvalue weighted by molar-refractivity contribution is 0.905. The average Bonchev–Trinajstić information content (AvgIpc) is 3.41. The summed E-state index contributed by atoms with van der Waals surface area (Å²) in [7, 11) is 3.80. The Bertz CT molecular complexity index is 1520. The Morgan fingerprint density at radius 2 is 1.84 bits per heavy atom. The molecule has 0 aliphatic carbocycles. The molecule has 0 unspecified atom stereocenters. The number of benzene rings is 1. The van der Waals surface area contributed by atoms with Crippen LogP contribution in [0.3, 0.4) is 0 Å². The zero-order valence-corrected chi connectivity index (χ0v) is 18.5. The first-order valence-corrected chi connectivity index (χ1v) is 10.4. The summed E-state index contributed by atoms with van der Waals surface area (Å²) in [5.41, 5.74) is 7.14. The van der Waals surface area contributed by atoms with Gasteiger partial charge in [0.2, 0.25) is 0 Å². The molecule has 0 bridgehead atoms. The molecule has 7 heteroatoms. The molecule has 32 heavy (non-hydrogen) atoms. The molecule has 0 amide bonds. The molecule has 0 saturated heterocycles. The Hall–Kier alpha value is -4.13. The standard InChI is InChI=1S/C25H24N6O/c1-15-7-8-18(27-24-13-21(28-29-24)22-6-5-9-30(22)3)12-19(15)20-11-17-14-26-16(2)10-23(17)31(4)25(20)32/h5-14H,1-4H3,(H2,27,28,29). The van der Waals surface area contributed by atoms with Crippen LogP contribution >= 0.6 is 0 Å². The summed E-state index contributed by atoms with van der Waals surface area (Å²) >= 11 is 0. The summed E-state index contributed by atoms with van der Waals surface area (Å²) in [5, 5.41) is 11.7. The first kappa shape index (κ1) is 19.8. The highest BCUT2D eigenvalue weighted by Gasteiger charge is 2.13. The number of aromatic amines is 1. The third kappa shape index (κ3) is 3.37. The Kier molecular flexibility index (Phi) is 4.66. The smallest absolute Gasteiger partial charge is 0.258 e. The number of nitrogens with zero attached hydrogens (tertiary/aromatic N) is 4. The number of H-pyrrole nitrogens is 1. The normalized spacial score (nSPS) is 11.2. The number of hydrogen-bond acceptors (Lipinski definition) is 4. The lowest BCUT2D eigenvalue weighted by Gasteiger charge is -2.13. The third-order valence-electron chi connectivity index (χ3n) is 5.84. The third-order valence-corrected chi connectivity index (χ3v) is 5.84. The van der Waals surface area contributed by atoms with Crippen molar-refractivity contribution in [3.63, 3.8) is 0 Å². The van der Waals surface area contributed by atoms with Crippen LogP contribution in [0, 0.1) is 13.8 Å². The number of hydrogen-bond donors (Lipinski definition) is 2. The maximum absolute atomic E-state index is 13.2. The number of nitrogens with one attached hydrogen (secondary N) is 2. The van der Waals surface area contributed by atoms with Crippen molar-refractivity contribution in [2.75, 3.05) is 5.32 Å². The van der Waals surface area contributed by atoms with E-state index in [0.717, 1.165) is 44.8 Å². The first-order valence-electron chi connectivity index (χ1n) is 10.4. The molecule has 7 nitrogen and oxygen atoms in total. The van der Waals surface area contributed by atoms with Crippen LogP contribution in [0.4, 0.5) is 11.5 Å². The van der Waals surface area contributed by atoms with E-state index < -0.39 is 0 Å². The highest BCUT2D eigenvalue weighted by atomic mass is 16.1. The molecule has 0 spiro atoms. The molecule has 160 valence electrons. The molecule has 1 aromatic carbocycles. The van der Waals surface area contributed by atoms with Crippen molar-refractivity contribution < 1.29 is 0 Å². The molecule has 5 aromatic rings. The van der Waals surface area contributed by atoms with Crippen LogP contribution in [0.5, 0.6) is 0 Å². The maximum Gasteiger partial charge on any atom is 0.258 e. The van der Waals surface area contributed by atoms with Crippen LogP contribution in [-0.4, -0.2) is 24.3 Å². The van der Waals surface area contributed by atoms with E-state index in [1.807, 2.05) is 86.4 Å². The lowest BCUT2D eigenvalue weighted by atomic mass is 9.99. The summed E-state index contributed by atoms with van der Waals surface area (Å²) in [6.07, 6.45) is 3.82. The Morgan fingerprint density at radius 3 is 2.62 bits per heavy atom. The molecule has 4 heterocycles. The van der Waals surface area contributed by atoms with Gasteiger partial charge >= 0.3 is 0 Å². The zero-order chi connectivity index (χ0) is 22.4. The molecule has 5 rings (SSSR count). The first-order chi connectivity index (χ1) is 15.4. The van der Waals surface area contributed by atoms with E-state index in [1.165, 1.54) is 0 Å². The van der Waals surface area contributed by atoms with Crippen molar-refractivity contribution in [3.8, 4) is 22.5 Å². The van der Waals surface area contributed by atoms with E-state index in [0.29, 0.717) is 11.4 Å². The van der Waals surface area contributed by atoms with Crippen LogP contribution in [0.1, 0.15) is 11.3 Å². The minimum atomic E-state index is -0.0332. The van der Waals surface area contributed by atoms with E-state index in [-0.39, 0.29) is 5.56 Å². The number of fused-ring (bicyclic) bond motifs is 1. The lowest BCUT2D eigenvalue weighted by Crippen LogP contribution is -2.19. The number of rotatable bonds is 4. The van der Waals surface area contributed by atoms with Crippen molar-refractivity contribution in [2.24, 2.45) is 14.1 Å².